The molecule has 0 aliphatic carbocycles. The molecule has 2 saturated heterocycles. The SMILES string of the molecule is Cc1ncsc1-c1ccc(CNC(=O)[C@@H]2C[C@@H](O)CN2C(=O)[C@@H](NC(=O)CCCN(C)Cc2ccc(N3CCN(c4cc(-c5ccccc5O)nnc4N)CC3)cc2)C(C)(C)C)cc1. The van der Waals surface area contributed by atoms with E-state index < -0.39 is 23.6 Å². The normalized spacial score (nSPS) is 17.1. The van der Waals surface area contributed by atoms with Gasteiger partial charge in [0.2, 0.25) is 17.7 Å². The third kappa shape index (κ3) is 11.2. The number of aryl methyl sites for hydroxylation is 1. The zero-order valence-electron chi connectivity index (χ0n) is 37.3. The van der Waals surface area contributed by atoms with Gasteiger partial charge in [0.15, 0.2) is 5.82 Å². The number of hydrogen-bond donors (Lipinski definition) is 5. The number of benzene rings is 3. The predicted octanol–water partition coefficient (Wildman–Crippen LogP) is 5.21. The summed E-state index contributed by atoms with van der Waals surface area (Å²) in [7, 11) is 2.03. The van der Waals surface area contributed by atoms with Crippen LogP contribution in [-0.2, 0) is 27.5 Å². The lowest BCUT2D eigenvalue weighted by Gasteiger charge is -2.37. The second-order valence-electron chi connectivity index (χ2n) is 17.9. The molecule has 0 unspecified atom stereocenters. The molecule has 16 heteroatoms. The minimum absolute atomic E-state index is 0.0219. The molecule has 7 rings (SSSR count). The summed E-state index contributed by atoms with van der Waals surface area (Å²) in [4.78, 5) is 54.5. The standard InChI is InChI=1S/C48H60N10O5S/c1-31-43(64-30-51-31)34-16-12-32(13-17-34)27-50-46(62)40-25-36(59)29-58(40)47(63)44(48(2,3)4)52-42(61)11-8-20-55(5)28-33-14-18-35(19-15-33)56-21-23-57(24-22-56)39-26-38(53-54-45(39)49)37-9-6-7-10-41(37)60/h6-7,9-10,12-19,26,30,36,40,44,59-60H,8,11,20-25,27-29H2,1-5H3,(H2,49,54)(H,50,62)(H,52,61)/t36-,40+,44-/m1/s1. The van der Waals surface area contributed by atoms with Crippen LogP contribution in [0.5, 0.6) is 5.75 Å². The van der Waals surface area contributed by atoms with Crippen molar-refractivity contribution in [2.45, 2.75) is 78.2 Å². The molecule has 2 aliphatic rings. The number of nitrogens with two attached hydrogens (primary N) is 1. The third-order valence-corrected chi connectivity index (χ3v) is 13.0. The van der Waals surface area contributed by atoms with Gasteiger partial charge in [-0.1, -0.05) is 69.3 Å². The monoisotopic (exact) mass is 888 g/mol. The van der Waals surface area contributed by atoms with Crippen LogP contribution in [0, 0.1) is 12.3 Å². The van der Waals surface area contributed by atoms with Gasteiger partial charge >= 0.3 is 0 Å². The van der Waals surface area contributed by atoms with Crippen LogP contribution in [0.4, 0.5) is 17.2 Å². The summed E-state index contributed by atoms with van der Waals surface area (Å²) in [5, 5.41) is 35.3. The Labute approximate surface area is 379 Å². The highest BCUT2D eigenvalue weighted by atomic mass is 32.1. The van der Waals surface area contributed by atoms with Crippen LogP contribution in [0.2, 0.25) is 0 Å². The number of phenolic OH excluding ortho intramolecular Hbond substituents is 1. The summed E-state index contributed by atoms with van der Waals surface area (Å²) in [6.45, 7) is 12.4. The van der Waals surface area contributed by atoms with Gasteiger partial charge in [0.25, 0.3) is 0 Å². The van der Waals surface area contributed by atoms with Gasteiger partial charge in [0, 0.05) is 69.9 Å². The summed E-state index contributed by atoms with van der Waals surface area (Å²) in [6.07, 6.45) is 0.118. The molecule has 0 spiro atoms. The van der Waals surface area contributed by atoms with E-state index in [-0.39, 0.29) is 49.4 Å². The Balaban J connectivity index is 0.853. The predicted molar refractivity (Wildman–Crippen MR) is 252 cm³/mol. The number of carbonyl (C=O) groups excluding carboxylic acids is 3. The number of phenols is 1. The van der Waals surface area contributed by atoms with Gasteiger partial charge in [-0.3, -0.25) is 14.4 Å². The molecule has 0 radical (unpaired) electrons. The van der Waals surface area contributed by atoms with Gasteiger partial charge in [0.05, 0.1) is 33.6 Å². The van der Waals surface area contributed by atoms with E-state index in [1.807, 2.05) is 82.7 Å². The van der Waals surface area contributed by atoms with E-state index in [2.05, 4.69) is 64.8 Å². The van der Waals surface area contributed by atoms with Crippen molar-refractivity contribution in [2.75, 3.05) is 61.8 Å². The Bertz CT molecular complexity index is 2400. The fraction of sp³-hybridized carbons (Fsp3) is 0.417. The maximum absolute atomic E-state index is 14.1. The van der Waals surface area contributed by atoms with Crippen molar-refractivity contribution in [1.82, 2.24) is 35.6 Å². The van der Waals surface area contributed by atoms with Crippen LogP contribution >= 0.6 is 11.3 Å². The third-order valence-electron chi connectivity index (χ3n) is 12.0. The average Bonchev–Trinajstić information content (AvgIpc) is 3.90. The molecule has 5 aromatic rings. The molecule has 6 N–H and O–H groups in total. The zero-order valence-corrected chi connectivity index (χ0v) is 38.1. The number of aromatic hydroxyl groups is 1. The molecule has 0 bridgehead atoms. The van der Waals surface area contributed by atoms with E-state index in [9.17, 15) is 24.6 Å². The van der Waals surface area contributed by atoms with Gasteiger partial charge in [-0.25, -0.2) is 4.98 Å². The number of likely N-dealkylation sites (tertiary alicyclic amines) is 1. The highest BCUT2D eigenvalue weighted by Gasteiger charge is 2.44. The number of hydrogen-bond acceptors (Lipinski definition) is 13. The first-order valence-electron chi connectivity index (χ1n) is 21.9. The number of thiazole rings is 1. The first kappa shape index (κ1) is 45.9. The molecule has 3 atom stereocenters. The van der Waals surface area contributed by atoms with E-state index in [0.717, 1.165) is 64.8 Å². The molecule has 2 aromatic heterocycles. The summed E-state index contributed by atoms with van der Waals surface area (Å²) >= 11 is 1.58. The van der Waals surface area contributed by atoms with E-state index in [1.165, 1.54) is 4.90 Å². The van der Waals surface area contributed by atoms with E-state index in [0.29, 0.717) is 36.6 Å². The van der Waals surface area contributed by atoms with Gasteiger partial charge < -0.3 is 46.2 Å². The first-order chi connectivity index (χ1) is 30.6. The summed E-state index contributed by atoms with van der Waals surface area (Å²) in [5.41, 5.74) is 14.7. The molecule has 4 heterocycles. The van der Waals surface area contributed by atoms with Crippen LogP contribution in [-0.4, -0.2) is 117 Å². The molecule has 64 heavy (non-hydrogen) atoms. The number of nitrogen functional groups attached to an aromatic ring is 1. The maximum atomic E-state index is 14.1. The zero-order chi connectivity index (χ0) is 45.5. The molecular formula is C48H60N10O5S. The Morgan fingerprint density at radius 2 is 1.64 bits per heavy atom. The molecular weight excluding hydrogens is 829 g/mol. The molecule has 15 nitrogen and oxygen atoms in total. The number of aromatic nitrogens is 3. The molecule has 3 amide bonds. The van der Waals surface area contributed by atoms with Crippen LogP contribution in [0.25, 0.3) is 21.7 Å². The molecule has 2 fully saturated rings. The van der Waals surface area contributed by atoms with Crippen molar-refractivity contribution in [1.29, 1.82) is 0 Å². The number of nitrogens with zero attached hydrogens (tertiary/aromatic N) is 7. The Morgan fingerprint density at radius 1 is 0.953 bits per heavy atom. The van der Waals surface area contributed by atoms with Gasteiger partial charge in [0.1, 0.15) is 17.8 Å². The molecule has 0 saturated carbocycles. The van der Waals surface area contributed by atoms with Crippen molar-refractivity contribution in [3.8, 4) is 27.4 Å². The van der Waals surface area contributed by atoms with Crippen molar-refractivity contribution < 1.29 is 24.6 Å². The lowest BCUT2D eigenvalue weighted by atomic mass is 9.85. The first-order valence-corrected chi connectivity index (χ1v) is 22.8. The minimum atomic E-state index is -0.878. The Hall–Kier alpha value is -6.10. The highest BCUT2D eigenvalue weighted by molar-refractivity contribution is 7.13. The number of aliphatic hydroxyl groups excluding tert-OH is 1. The number of β-amino-alcohol motifs (C(OH)–C–C–N with tert-alkyl or cyclic N) is 1. The van der Waals surface area contributed by atoms with Crippen molar-refractivity contribution >= 4 is 46.3 Å². The number of carbonyl (C=O) groups is 3. The number of amides is 3. The lowest BCUT2D eigenvalue weighted by molar-refractivity contribution is -0.144. The number of anilines is 3. The maximum Gasteiger partial charge on any atom is 0.246 e. The minimum Gasteiger partial charge on any atom is -0.507 e. The molecule has 338 valence electrons. The van der Waals surface area contributed by atoms with E-state index in [1.54, 1.807) is 23.5 Å². The van der Waals surface area contributed by atoms with Crippen molar-refractivity contribution in [3.05, 3.63) is 101 Å². The molecule has 3 aromatic carbocycles. The van der Waals surface area contributed by atoms with Crippen LogP contribution in [0.15, 0.2) is 84.4 Å². The van der Waals surface area contributed by atoms with Crippen LogP contribution < -0.4 is 26.2 Å². The number of piperazine rings is 1. The van der Waals surface area contributed by atoms with Gasteiger partial charge in [-0.2, -0.15) is 0 Å². The van der Waals surface area contributed by atoms with E-state index in [4.69, 9.17) is 5.73 Å². The lowest BCUT2D eigenvalue weighted by Crippen LogP contribution is -2.57. The second kappa shape index (κ2) is 20.2. The summed E-state index contributed by atoms with van der Waals surface area (Å²) in [6, 6.07) is 23.7. The van der Waals surface area contributed by atoms with Crippen LogP contribution in [0.1, 0.15) is 56.9 Å². The van der Waals surface area contributed by atoms with Crippen LogP contribution in [0.3, 0.4) is 0 Å². The summed E-state index contributed by atoms with van der Waals surface area (Å²) < 4.78 is 0. The topological polar surface area (TPSA) is 193 Å². The van der Waals surface area contributed by atoms with Crippen molar-refractivity contribution in [2.24, 2.45) is 5.41 Å². The average molecular weight is 889 g/mol. The van der Waals surface area contributed by atoms with E-state index >= 15 is 0 Å². The summed E-state index contributed by atoms with van der Waals surface area (Å²) in [5.74, 6) is -0.443. The smallest absolute Gasteiger partial charge is 0.246 e. The number of rotatable bonds is 15. The quantitative estimate of drug-likeness (QED) is 0.0924. The van der Waals surface area contributed by atoms with Gasteiger partial charge in [-0.05, 0) is 79.4 Å². The fourth-order valence-corrected chi connectivity index (χ4v) is 9.21. The van der Waals surface area contributed by atoms with Crippen molar-refractivity contribution in [3.63, 3.8) is 0 Å². The molecule has 2 aliphatic heterocycles. The Morgan fingerprint density at radius 3 is 2.31 bits per heavy atom. The fourth-order valence-electron chi connectivity index (χ4n) is 8.40. The number of para-hydroxylation sites is 1. The largest absolute Gasteiger partial charge is 0.507 e. The highest BCUT2D eigenvalue weighted by Crippen LogP contribution is 2.33. The number of nitrogens with one attached hydrogen (secondary N) is 2. The Kier molecular flexibility index (Phi) is 14.5. The number of aliphatic hydroxyl groups is 1. The van der Waals surface area contributed by atoms with Gasteiger partial charge in [-0.15, -0.1) is 21.5 Å². The second-order valence-corrected chi connectivity index (χ2v) is 18.8.